The number of nitrogens with zero attached hydrogens (tertiary/aromatic N) is 1. The number of H-pyrrole nitrogens is 1. The van der Waals surface area contributed by atoms with Crippen molar-refractivity contribution in [3.8, 4) is 0 Å². The molecule has 0 aliphatic carbocycles. The van der Waals surface area contributed by atoms with Crippen LogP contribution in [-0.2, 0) is 4.74 Å². The van der Waals surface area contributed by atoms with Crippen LogP contribution in [0.5, 0.6) is 0 Å². The molecule has 1 heterocycles. The Morgan fingerprint density at radius 2 is 2.25 bits per heavy atom. The number of aromatic nitrogens is 2. The summed E-state index contributed by atoms with van der Waals surface area (Å²) in [6.07, 6.45) is 1.67. The number of aromatic amines is 1. The molecular weight excluding hydrogens is 210 g/mol. The average Bonchev–Trinajstić information content (AvgIpc) is 2.16. The van der Waals surface area contributed by atoms with E-state index in [9.17, 15) is 9.59 Å². The molecule has 1 aromatic heterocycles. The summed E-state index contributed by atoms with van der Waals surface area (Å²) in [4.78, 5) is 24.8. The van der Waals surface area contributed by atoms with E-state index in [2.05, 4.69) is 4.98 Å². The third-order valence-electron chi connectivity index (χ3n) is 2.35. The van der Waals surface area contributed by atoms with Crippen LogP contribution in [0.15, 0.2) is 15.7 Å². The minimum atomic E-state index is -0.486. The number of ether oxygens (including phenoxy) is 1. The molecule has 0 amide bonds. The molecule has 1 aromatic rings. The molecule has 0 spiro atoms. The van der Waals surface area contributed by atoms with Gasteiger partial charge in [-0.3, -0.25) is 14.3 Å². The van der Waals surface area contributed by atoms with Crippen LogP contribution < -0.4 is 17.0 Å². The maximum atomic E-state index is 11.6. The van der Waals surface area contributed by atoms with Crippen LogP contribution in [-0.4, -0.2) is 23.3 Å². The zero-order valence-electron chi connectivity index (χ0n) is 9.53. The number of nitrogen functional groups attached to an aromatic ring is 1. The molecule has 0 aliphatic rings. The number of anilines is 1. The van der Waals surface area contributed by atoms with Gasteiger partial charge in [0.2, 0.25) is 0 Å². The lowest BCUT2D eigenvalue weighted by atomic mass is 10.2. The molecule has 1 rings (SSSR count). The third-order valence-corrected chi connectivity index (χ3v) is 2.35. The van der Waals surface area contributed by atoms with Crippen molar-refractivity contribution in [2.45, 2.75) is 25.8 Å². The molecule has 90 valence electrons. The largest absolute Gasteiger partial charge is 0.385 e. The van der Waals surface area contributed by atoms with E-state index in [0.717, 1.165) is 12.8 Å². The van der Waals surface area contributed by atoms with E-state index in [1.54, 1.807) is 7.11 Å². The Balaban J connectivity index is 3.18. The van der Waals surface area contributed by atoms with Crippen molar-refractivity contribution in [1.29, 1.82) is 0 Å². The van der Waals surface area contributed by atoms with E-state index >= 15 is 0 Å². The highest BCUT2D eigenvalue weighted by Crippen LogP contribution is 2.14. The number of hydrogen-bond donors (Lipinski definition) is 2. The first-order valence-corrected chi connectivity index (χ1v) is 5.20. The summed E-state index contributed by atoms with van der Waals surface area (Å²) in [5, 5.41) is 0. The summed E-state index contributed by atoms with van der Waals surface area (Å²) in [6, 6.07) is 1.07. The van der Waals surface area contributed by atoms with Gasteiger partial charge in [-0.1, -0.05) is 13.3 Å². The fourth-order valence-electron chi connectivity index (χ4n) is 1.71. The first-order chi connectivity index (χ1) is 7.60. The van der Waals surface area contributed by atoms with Gasteiger partial charge in [0.25, 0.3) is 5.56 Å². The second-order valence-corrected chi connectivity index (χ2v) is 3.63. The van der Waals surface area contributed by atoms with Crippen molar-refractivity contribution in [2.24, 2.45) is 0 Å². The molecule has 0 aliphatic heterocycles. The maximum Gasteiger partial charge on any atom is 0.330 e. The SMILES string of the molecule is CCCC(COC)n1c(N)cc(=O)[nH]c1=O. The van der Waals surface area contributed by atoms with Crippen LogP contribution >= 0.6 is 0 Å². The number of nitrogens with two attached hydrogens (primary N) is 1. The van der Waals surface area contributed by atoms with Crippen molar-refractivity contribution in [3.05, 3.63) is 26.9 Å². The van der Waals surface area contributed by atoms with Gasteiger partial charge in [0.05, 0.1) is 12.6 Å². The van der Waals surface area contributed by atoms with Crippen molar-refractivity contribution in [1.82, 2.24) is 9.55 Å². The Bertz CT molecular complexity index is 443. The highest BCUT2D eigenvalue weighted by molar-refractivity contribution is 5.27. The molecular formula is C10H17N3O3. The second-order valence-electron chi connectivity index (χ2n) is 3.63. The van der Waals surface area contributed by atoms with Crippen molar-refractivity contribution >= 4 is 5.82 Å². The molecule has 0 saturated heterocycles. The number of methoxy groups -OCH3 is 1. The molecule has 0 aromatic carbocycles. The van der Waals surface area contributed by atoms with E-state index in [1.807, 2.05) is 6.92 Å². The fourth-order valence-corrected chi connectivity index (χ4v) is 1.71. The minimum absolute atomic E-state index is 0.139. The van der Waals surface area contributed by atoms with Gasteiger partial charge in [0.15, 0.2) is 0 Å². The Morgan fingerprint density at radius 1 is 1.56 bits per heavy atom. The first kappa shape index (κ1) is 12.5. The predicted molar refractivity (Wildman–Crippen MR) is 61.6 cm³/mol. The molecule has 16 heavy (non-hydrogen) atoms. The molecule has 6 heteroatoms. The summed E-state index contributed by atoms with van der Waals surface area (Å²) in [5.74, 6) is 0.171. The zero-order valence-corrected chi connectivity index (χ0v) is 9.53. The van der Waals surface area contributed by atoms with Crippen LogP contribution in [0, 0.1) is 0 Å². The second kappa shape index (κ2) is 5.50. The lowest BCUT2D eigenvalue weighted by Crippen LogP contribution is -2.35. The Morgan fingerprint density at radius 3 is 2.75 bits per heavy atom. The Kier molecular flexibility index (Phi) is 4.30. The first-order valence-electron chi connectivity index (χ1n) is 5.20. The van der Waals surface area contributed by atoms with Crippen molar-refractivity contribution in [2.75, 3.05) is 19.5 Å². The van der Waals surface area contributed by atoms with Crippen LogP contribution in [0.3, 0.4) is 0 Å². The van der Waals surface area contributed by atoms with Gasteiger partial charge in [-0.15, -0.1) is 0 Å². The van der Waals surface area contributed by atoms with Gasteiger partial charge in [-0.05, 0) is 6.42 Å². The van der Waals surface area contributed by atoms with Gasteiger partial charge in [-0.25, -0.2) is 4.79 Å². The smallest absolute Gasteiger partial charge is 0.330 e. The van der Waals surface area contributed by atoms with Crippen molar-refractivity contribution in [3.63, 3.8) is 0 Å². The summed E-state index contributed by atoms with van der Waals surface area (Å²) in [7, 11) is 1.57. The van der Waals surface area contributed by atoms with Crippen LogP contribution in [0.1, 0.15) is 25.8 Å². The predicted octanol–water partition coefficient (Wildman–Crippen LogP) is 0.106. The standard InChI is InChI=1S/C10H17N3O3/c1-3-4-7(6-16-2)13-8(11)5-9(14)12-10(13)15/h5,7H,3-4,6,11H2,1-2H3,(H,12,14,15). The number of rotatable bonds is 5. The van der Waals surface area contributed by atoms with Crippen LogP contribution in [0.25, 0.3) is 0 Å². The molecule has 0 radical (unpaired) electrons. The molecule has 0 saturated carbocycles. The summed E-state index contributed by atoms with van der Waals surface area (Å²) < 4.78 is 6.41. The van der Waals surface area contributed by atoms with E-state index in [4.69, 9.17) is 10.5 Å². The van der Waals surface area contributed by atoms with Gasteiger partial charge in [0.1, 0.15) is 5.82 Å². The zero-order chi connectivity index (χ0) is 12.1. The Hall–Kier alpha value is -1.56. The fraction of sp³-hybridized carbons (Fsp3) is 0.600. The topological polar surface area (TPSA) is 90.1 Å². The van der Waals surface area contributed by atoms with Crippen LogP contribution in [0.2, 0.25) is 0 Å². The van der Waals surface area contributed by atoms with E-state index < -0.39 is 11.2 Å². The highest BCUT2D eigenvalue weighted by atomic mass is 16.5. The maximum absolute atomic E-state index is 11.6. The molecule has 3 N–H and O–H groups in total. The van der Waals surface area contributed by atoms with Gasteiger partial charge >= 0.3 is 5.69 Å². The van der Waals surface area contributed by atoms with Crippen molar-refractivity contribution < 1.29 is 4.74 Å². The average molecular weight is 227 g/mol. The van der Waals surface area contributed by atoms with E-state index in [1.165, 1.54) is 10.6 Å². The number of nitrogens with one attached hydrogen (secondary N) is 1. The highest BCUT2D eigenvalue weighted by Gasteiger charge is 2.14. The lowest BCUT2D eigenvalue weighted by molar-refractivity contribution is 0.149. The van der Waals surface area contributed by atoms with Gasteiger partial charge in [0, 0.05) is 13.2 Å². The van der Waals surface area contributed by atoms with Crippen LogP contribution in [0.4, 0.5) is 5.82 Å². The molecule has 6 nitrogen and oxygen atoms in total. The van der Waals surface area contributed by atoms with Gasteiger partial charge in [-0.2, -0.15) is 0 Å². The molecule has 1 atom stereocenters. The molecule has 1 unspecified atom stereocenters. The lowest BCUT2D eigenvalue weighted by Gasteiger charge is -2.19. The molecule has 0 bridgehead atoms. The minimum Gasteiger partial charge on any atom is -0.385 e. The quantitative estimate of drug-likeness (QED) is 0.746. The van der Waals surface area contributed by atoms with E-state index in [0.29, 0.717) is 6.61 Å². The number of hydrogen-bond acceptors (Lipinski definition) is 4. The monoisotopic (exact) mass is 227 g/mol. The summed E-state index contributed by atoms with van der Waals surface area (Å²) >= 11 is 0. The van der Waals surface area contributed by atoms with E-state index in [-0.39, 0.29) is 11.9 Å². The Labute approximate surface area is 93.0 Å². The van der Waals surface area contributed by atoms with Gasteiger partial charge < -0.3 is 10.5 Å². The molecule has 0 fully saturated rings. The summed E-state index contributed by atoms with van der Waals surface area (Å²) in [6.45, 7) is 2.40. The summed E-state index contributed by atoms with van der Waals surface area (Å²) in [5.41, 5.74) is 4.71. The third kappa shape index (κ3) is 2.73. The normalized spacial score (nSPS) is 12.6.